The van der Waals surface area contributed by atoms with Gasteiger partial charge in [-0.1, -0.05) is 24.2 Å². The first kappa shape index (κ1) is 14.3. The van der Waals surface area contributed by atoms with Crippen LogP contribution in [0.5, 0.6) is 0 Å². The summed E-state index contributed by atoms with van der Waals surface area (Å²) in [6.07, 6.45) is 4.76. The number of rotatable bonds is 4. The maximum Gasteiger partial charge on any atom is 0.347 e. The second-order valence-corrected chi connectivity index (χ2v) is 5.88. The third-order valence-electron chi connectivity index (χ3n) is 3.46. The highest BCUT2D eigenvalue weighted by Crippen LogP contribution is 2.31. The van der Waals surface area contributed by atoms with Gasteiger partial charge in [-0.3, -0.25) is 0 Å². The van der Waals surface area contributed by atoms with E-state index in [1.165, 1.54) is 24.2 Å². The molecular formula is C13H20N2O3S. The topological polar surface area (TPSA) is 62.7 Å². The Bertz CT molecular complexity index is 447. The molecule has 0 saturated carbocycles. The fourth-order valence-corrected chi connectivity index (χ4v) is 3.46. The Morgan fingerprint density at radius 1 is 1.53 bits per heavy atom. The van der Waals surface area contributed by atoms with Gasteiger partial charge in [0.1, 0.15) is 4.88 Å². The Balaban J connectivity index is 2.27. The molecule has 1 aromatic heterocycles. The number of nitrogens with zero attached hydrogens (tertiary/aromatic N) is 2. The fourth-order valence-electron chi connectivity index (χ4n) is 2.42. The summed E-state index contributed by atoms with van der Waals surface area (Å²) >= 11 is 1.26. The van der Waals surface area contributed by atoms with Gasteiger partial charge in [0.2, 0.25) is 0 Å². The lowest BCUT2D eigenvalue weighted by Crippen LogP contribution is -2.32. The molecule has 1 fully saturated rings. The van der Waals surface area contributed by atoms with E-state index in [1.807, 2.05) is 0 Å². The lowest BCUT2D eigenvalue weighted by Gasteiger charge is -2.26. The van der Waals surface area contributed by atoms with Crippen molar-refractivity contribution in [1.29, 1.82) is 0 Å². The van der Waals surface area contributed by atoms with E-state index in [9.17, 15) is 9.90 Å². The number of thiazole rings is 1. The molecule has 1 atom stereocenters. The van der Waals surface area contributed by atoms with E-state index in [0.29, 0.717) is 16.6 Å². The van der Waals surface area contributed by atoms with Crippen LogP contribution in [0, 0.1) is 0 Å². The van der Waals surface area contributed by atoms with Crippen LogP contribution >= 0.6 is 11.3 Å². The number of carboxylic acids is 1. The highest BCUT2D eigenvalue weighted by atomic mass is 32.1. The molecule has 106 valence electrons. The van der Waals surface area contributed by atoms with Crippen molar-refractivity contribution in [1.82, 2.24) is 4.98 Å². The minimum Gasteiger partial charge on any atom is -0.477 e. The smallest absolute Gasteiger partial charge is 0.347 e. The van der Waals surface area contributed by atoms with Crippen molar-refractivity contribution in [3.63, 3.8) is 0 Å². The molecule has 1 saturated heterocycles. The van der Waals surface area contributed by atoms with Crippen molar-refractivity contribution in [2.24, 2.45) is 0 Å². The summed E-state index contributed by atoms with van der Waals surface area (Å²) in [5.41, 5.74) is 0.534. The molecular weight excluding hydrogens is 264 g/mol. The Morgan fingerprint density at radius 2 is 2.32 bits per heavy atom. The van der Waals surface area contributed by atoms with Gasteiger partial charge in [-0.15, -0.1) is 0 Å². The highest BCUT2D eigenvalue weighted by Gasteiger charge is 2.24. The summed E-state index contributed by atoms with van der Waals surface area (Å²) < 4.78 is 5.03. The van der Waals surface area contributed by atoms with E-state index in [2.05, 4.69) is 16.8 Å². The standard InChI is InChI=1S/C13H20N2O3S/c1-9-6-4-3-5-7-15(9)13-14-10(8-18-2)11(19-13)12(16)17/h9H,3-8H2,1-2H3,(H,16,17). The van der Waals surface area contributed by atoms with Gasteiger partial charge in [0.05, 0.1) is 12.3 Å². The normalized spacial score (nSPS) is 20.3. The molecule has 2 rings (SSSR count). The van der Waals surface area contributed by atoms with Crippen LogP contribution in [0.2, 0.25) is 0 Å². The van der Waals surface area contributed by atoms with Gasteiger partial charge in [0, 0.05) is 19.7 Å². The summed E-state index contributed by atoms with van der Waals surface area (Å²) in [4.78, 5) is 18.3. The van der Waals surface area contributed by atoms with Crippen LogP contribution in [-0.2, 0) is 11.3 Å². The van der Waals surface area contributed by atoms with Gasteiger partial charge in [-0.2, -0.15) is 0 Å². The van der Waals surface area contributed by atoms with E-state index in [-0.39, 0.29) is 6.61 Å². The number of carboxylic acid groups (broad SMARTS) is 1. The molecule has 0 amide bonds. The number of hydrogen-bond acceptors (Lipinski definition) is 5. The first-order valence-electron chi connectivity index (χ1n) is 6.62. The minimum atomic E-state index is -0.918. The highest BCUT2D eigenvalue weighted by molar-refractivity contribution is 7.17. The third kappa shape index (κ3) is 3.25. The molecule has 1 unspecified atom stereocenters. The molecule has 19 heavy (non-hydrogen) atoms. The minimum absolute atomic E-state index is 0.250. The van der Waals surface area contributed by atoms with E-state index in [1.54, 1.807) is 7.11 Å². The summed E-state index contributed by atoms with van der Waals surface area (Å²) in [5, 5.41) is 10.0. The predicted octanol–water partition coefficient (Wildman–Crippen LogP) is 2.76. The second kappa shape index (κ2) is 6.34. The number of carbonyl (C=O) groups is 1. The average molecular weight is 284 g/mol. The Labute approximate surface area is 117 Å². The largest absolute Gasteiger partial charge is 0.477 e. The number of aromatic nitrogens is 1. The van der Waals surface area contributed by atoms with Gasteiger partial charge in [0.25, 0.3) is 0 Å². The van der Waals surface area contributed by atoms with Gasteiger partial charge >= 0.3 is 5.97 Å². The molecule has 1 aromatic rings. The van der Waals surface area contributed by atoms with E-state index in [0.717, 1.165) is 24.5 Å². The van der Waals surface area contributed by atoms with E-state index in [4.69, 9.17) is 4.74 Å². The Kier molecular flexibility index (Phi) is 4.76. The lowest BCUT2D eigenvalue weighted by molar-refractivity contribution is 0.0697. The summed E-state index contributed by atoms with van der Waals surface area (Å²) in [7, 11) is 1.55. The van der Waals surface area contributed by atoms with Gasteiger partial charge in [-0.25, -0.2) is 9.78 Å². The molecule has 6 heteroatoms. The maximum absolute atomic E-state index is 11.2. The number of anilines is 1. The summed E-state index contributed by atoms with van der Waals surface area (Å²) in [6, 6.07) is 0.422. The van der Waals surface area contributed by atoms with Crippen molar-refractivity contribution in [3.8, 4) is 0 Å². The molecule has 1 N–H and O–H groups in total. The van der Waals surface area contributed by atoms with Crippen LogP contribution in [0.4, 0.5) is 5.13 Å². The zero-order chi connectivity index (χ0) is 13.8. The molecule has 2 heterocycles. The lowest BCUT2D eigenvalue weighted by atomic mass is 10.1. The summed E-state index contributed by atoms with van der Waals surface area (Å²) in [6.45, 7) is 3.39. The van der Waals surface area contributed by atoms with Crippen LogP contribution in [-0.4, -0.2) is 35.8 Å². The van der Waals surface area contributed by atoms with Crippen LogP contribution in [0.1, 0.15) is 48.0 Å². The molecule has 1 aliphatic rings. The Hall–Kier alpha value is -1.14. The number of aromatic carboxylic acids is 1. The van der Waals surface area contributed by atoms with Crippen LogP contribution < -0.4 is 4.90 Å². The fraction of sp³-hybridized carbons (Fsp3) is 0.692. The van der Waals surface area contributed by atoms with Crippen molar-refractivity contribution in [2.45, 2.75) is 45.3 Å². The molecule has 5 nitrogen and oxygen atoms in total. The van der Waals surface area contributed by atoms with E-state index >= 15 is 0 Å². The zero-order valence-corrected chi connectivity index (χ0v) is 12.2. The summed E-state index contributed by atoms with van der Waals surface area (Å²) in [5.74, 6) is -0.918. The molecule has 1 aliphatic heterocycles. The van der Waals surface area contributed by atoms with Crippen molar-refractivity contribution in [3.05, 3.63) is 10.6 Å². The Morgan fingerprint density at radius 3 is 3.00 bits per heavy atom. The van der Waals surface area contributed by atoms with Crippen molar-refractivity contribution in [2.75, 3.05) is 18.6 Å². The zero-order valence-electron chi connectivity index (χ0n) is 11.4. The van der Waals surface area contributed by atoms with Crippen LogP contribution in [0.15, 0.2) is 0 Å². The first-order valence-corrected chi connectivity index (χ1v) is 7.43. The number of ether oxygens (including phenoxy) is 1. The predicted molar refractivity (Wildman–Crippen MR) is 75.1 cm³/mol. The van der Waals surface area contributed by atoms with Crippen molar-refractivity contribution >= 4 is 22.4 Å². The number of hydrogen-bond donors (Lipinski definition) is 1. The number of methoxy groups -OCH3 is 1. The van der Waals surface area contributed by atoms with Crippen LogP contribution in [0.3, 0.4) is 0 Å². The van der Waals surface area contributed by atoms with Gasteiger partial charge < -0.3 is 14.7 Å². The first-order chi connectivity index (χ1) is 9.13. The van der Waals surface area contributed by atoms with Crippen LogP contribution in [0.25, 0.3) is 0 Å². The molecule has 0 aromatic carbocycles. The maximum atomic E-state index is 11.2. The van der Waals surface area contributed by atoms with Crippen molar-refractivity contribution < 1.29 is 14.6 Å². The average Bonchev–Trinajstić information content (AvgIpc) is 2.66. The monoisotopic (exact) mass is 284 g/mol. The van der Waals surface area contributed by atoms with Gasteiger partial charge in [-0.05, 0) is 19.8 Å². The molecule has 0 spiro atoms. The van der Waals surface area contributed by atoms with Gasteiger partial charge in [0.15, 0.2) is 5.13 Å². The molecule has 0 aliphatic carbocycles. The molecule has 0 radical (unpaired) electrons. The SMILES string of the molecule is COCc1nc(N2CCCCCC2C)sc1C(=O)O. The molecule has 0 bridgehead atoms. The van der Waals surface area contributed by atoms with E-state index < -0.39 is 5.97 Å². The second-order valence-electron chi connectivity index (χ2n) is 4.90. The quantitative estimate of drug-likeness (QED) is 0.921. The third-order valence-corrected chi connectivity index (χ3v) is 4.58.